The average Bonchev–Trinajstić information content (AvgIpc) is 2.14. The van der Waals surface area contributed by atoms with Crippen LogP contribution in [0.15, 0.2) is 11.6 Å². The lowest BCUT2D eigenvalue weighted by Gasteiger charge is -2.20. The molecule has 0 rings (SSSR count). The third-order valence-electron chi connectivity index (χ3n) is 1.91. The van der Waals surface area contributed by atoms with E-state index in [0.29, 0.717) is 12.2 Å². The maximum atomic E-state index is 11.8. The number of unbranched alkanes of at least 4 members (excludes halogenated alkanes) is 2. The molecule has 0 amide bonds. The van der Waals surface area contributed by atoms with Gasteiger partial charge >= 0.3 is 5.97 Å². The molecule has 16 heavy (non-hydrogen) atoms. The Hall–Kier alpha value is -0.830. The Labute approximate surface area is 98.8 Å². The van der Waals surface area contributed by atoms with Crippen LogP contribution in [0.3, 0.4) is 0 Å². The van der Waals surface area contributed by atoms with Gasteiger partial charge in [-0.05, 0) is 27.2 Å². The predicted octanol–water partition coefficient (Wildman–Crippen LogP) is 3.09. The van der Waals surface area contributed by atoms with Crippen molar-refractivity contribution in [3.05, 3.63) is 11.6 Å². The van der Waals surface area contributed by atoms with E-state index in [1.54, 1.807) is 7.11 Å². The zero-order valence-electron chi connectivity index (χ0n) is 11.1. The normalized spacial score (nSPS) is 12.7. The quantitative estimate of drug-likeness (QED) is 0.398. The number of hydrogen-bond acceptors (Lipinski definition) is 3. The lowest BCUT2D eigenvalue weighted by Crippen LogP contribution is -2.26. The van der Waals surface area contributed by atoms with Crippen LogP contribution in [0.2, 0.25) is 0 Å². The van der Waals surface area contributed by atoms with Gasteiger partial charge in [-0.1, -0.05) is 25.8 Å². The van der Waals surface area contributed by atoms with Crippen LogP contribution in [-0.2, 0) is 14.3 Å². The van der Waals surface area contributed by atoms with Gasteiger partial charge in [0.05, 0.1) is 12.2 Å². The van der Waals surface area contributed by atoms with Crippen molar-refractivity contribution in [1.82, 2.24) is 0 Å². The number of allylic oxidation sites excluding steroid dienone is 1. The SMILES string of the molecule is CCCCC=C(COC)C(=O)OC(C)(C)C. The van der Waals surface area contributed by atoms with Crippen molar-refractivity contribution in [3.63, 3.8) is 0 Å². The molecular weight excluding hydrogens is 204 g/mol. The summed E-state index contributed by atoms with van der Waals surface area (Å²) in [5, 5.41) is 0. The Morgan fingerprint density at radius 1 is 1.31 bits per heavy atom. The third kappa shape index (κ3) is 7.46. The summed E-state index contributed by atoms with van der Waals surface area (Å²) in [6, 6.07) is 0. The Balaban J connectivity index is 4.40. The predicted molar refractivity (Wildman–Crippen MR) is 65.3 cm³/mol. The van der Waals surface area contributed by atoms with Crippen molar-refractivity contribution >= 4 is 5.97 Å². The summed E-state index contributed by atoms with van der Waals surface area (Å²) in [5.41, 5.74) is 0.167. The van der Waals surface area contributed by atoms with E-state index >= 15 is 0 Å². The van der Waals surface area contributed by atoms with Gasteiger partial charge < -0.3 is 9.47 Å². The smallest absolute Gasteiger partial charge is 0.336 e. The Morgan fingerprint density at radius 3 is 2.38 bits per heavy atom. The topological polar surface area (TPSA) is 35.5 Å². The fraction of sp³-hybridized carbons (Fsp3) is 0.769. The molecule has 94 valence electrons. The van der Waals surface area contributed by atoms with Crippen molar-refractivity contribution in [1.29, 1.82) is 0 Å². The number of esters is 1. The molecule has 0 spiro atoms. The molecule has 0 saturated carbocycles. The molecule has 3 nitrogen and oxygen atoms in total. The Kier molecular flexibility index (Phi) is 7.06. The highest BCUT2D eigenvalue weighted by Crippen LogP contribution is 2.12. The number of carbonyl (C=O) groups is 1. The van der Waals surface area contributed by atoms with E-state index in [1.165, 1.54) is 0 Å². The molecule has 0 aromatic heterocycles. The molecule has 0 aliphatic rings. The summed E-state index contributed by atoms with van der Waals surface area (Å²) >= 11 is 0. The van der Waals surface area contributed by atoms with Crippen LogP contribution < -0.4 is 0 Å². The van der Waals surface area contributed by atoms with Gasteiger partial charge in [0.15, 0.2) is 0 Å². The number of hydrogen-bond donors (Lipinski definition) is 0. The number of ether oxygens (including phenoxy) is 2. The van der Waals surface area contributed by atoms with Crippen LogP contribution in [0, 0.1) is 0 Å². The molecule has 0 aliphatic carbocycles. The van der Waals surface area contributed by atoms with Crippen molar-refractivity contribution in [2.75, 3.05) is 13.7 Å². The standard InChI is InChI=1S/C13H24O3/c1-6-7-8-9-11(10-15-5)12(14)16-13(2,3)4/h9H,6-8,10H2,1-5H3. The first-order valence-electron chi connectivity index (χ1n) is 5.82. The molecule has 0 N–H and O–H groups in total. The summed E-state index contributed by atoms with van der Waals surface area (Å²) in [4.78, 5) is 11.8. The molecule has 0 fully saturated rings. The summed E-state index contributed by atoms with van der Waals surface area (Å²) in [7, 11) is 1.58. The summed E-state index contributed by atoms with van der Waals surface area (Å²) in [6.07, 6.45) is 5.01. The lowest BCUT2D eigenvalue weighted by atomic mass is 10.1. The van der Waals surface area contributed by atoms with Gasteiger partial charge in [-0.2, -0.15) is 0 Å². The van der Waals surface area contributed by atoms with Crippen molar-refractivity contribution < 1.29 is 14.3 Å². The number of rotatable bonds is 6. The van der Waals surface area contributed by atoms with Crippen molar-refractivity contribution in [3.8, 4) is 0 Å². The van der Waals surface area contributed by atoms with Crippen molar-refractivity contribution in [2.24, 2.45) is 0 Å². The second kappa shape index (κ2) is 7.44. The molecule has 0 heterocycles. The Bertz CT molecular complexity index is 236. The highest BCUT2D eigenvalue weighted by atomic mass is 16.6. The molecular formula is C13H24O3. The van der Waals surface area contributed by atoms with Gasteiger partial charge in [-0.3, -0.25) is 0 Å². The molecule has 0 saturated heterocycles. The van der Waals surface area contributed by atoms with Crippen LogP contribution in [0.25, 0.3) is 0 Å². The fourth-order valence-electron chi connectivity index (χ4n) is 1.18. The summed E-state index contributed by atoms with van der Waals surface area (Å²) < 4.78 is 10.3. The van der Waals surface area contributed by atoms with Crippen LogP contribution in [0.4, 0.5) is 0 Å². The molecule has 0 aromatic rings. The maximum absolute atomic E-state index is 11.8. The van der Waals surface area contributed by atoms with E-state index in [9.17, 15) is 4.79 Å². The van der Waals surface area contributed by atoms with E-state index in [-0.39, 0.29) is 5.97 Å². The van der Waals surface area contributed by atoms with Gasteiger partial charge in [0.1, 0.15) is 5.60 Å². The van der Waals surface area contributed by atoms with Crippen molar-refractivity contribution in [2.45, 2.75) is 52.6 Å². The monoisotopic (exact) mass is 228 g/mol. The highest BCUT2D eigenvalue weighted by Gasteiger charge is 2.19. The minimum atomic E-state index is -0.450. The van der Waals surface area contributed by atoms with Crippen LogP contribution in [0.1, 0.15) is 47.0 Å². The molecule has 0 unspecified atom stereocenters. The molecule has 3 heteroatoms. The first kappa shape index (κ1) is 15.2. The second-order valence-electron chi connectivity index (χ2n) is 4.81. The maximum Gasteiger partial charge on any atom is 0.336 e. The van der Waals surface area contributed by atoms with Gasteiger partial charge in [-0.25, -0.2) is 4.79 Å². The van der Waals surface area contributed by atoms with Crippen LogP contribution >= 0.6 is 0 Å². The zero-order chi connectivity index (χ0) is 12.6. The first-order chi connectivity index (χ1) is 7.40. The fourth-order valence-corrected chi connectivity index (χ4v) is 1.18. The first-order valence-corrected chi connectivity index (χ1v) is 5.82. The number of carbonyl (C=O) groups excluding carboxylic acids is 1. The van der Waals surface area contributed by atoms with E-state index in [2.05, 4.69) is 6.92 Å². The minimum Gasteiger partial charge on any atom is -0.457 e. The second-order valence-corrected chi connectivity index (χ2v) is 4.81. The highest BCUT2D eigenvalue weighted by molar-refractivity contribution is 5.89. The van der Waals surface area contributed by atoms with Gasteiger partial charge in [0, 0.05) is 7.11 Å². The largest absolute Gasteiger partial charge is 0.457 e. The van der Waals surface area contributed by atoms with Gasteiger partial charge in [0.2, 0.25) is 0 Å². The summed E-state index contributed by atoms with van der Waals surface area (Å²) in [5.74, 6) is -0.273. The van der Waals surface area contributed by atoms with Crippen LogP contribution in [-0.4, -0.2) is 25.3 Å². The summed E-state index contributed by atoms with van der Waals surface area (Å²) in [6.45, 7) is 8.03. The zero-order valence-corrected chi connectivity index (χ0v) is 11.1. The van der Waals surface area contributed by atoms with E-state index < -0.39 is 5.60 Å². The van der Waals surface area contributed by atoms with E-state index in [1.807, 2.05) is 26.8 Å². The lowest BCUT2D eigenvalue weighted by molar-refractivity contribution is -0.150. The molecule has 0 atom stereocenters. The minimum absolute atomic E-state index is 0.273. The van der Waals surface area contributed by atoms with E-state index in [0.717, 1.165) is 19.3 Å². The molecule has 0 aromatic carbocycles. The number of methoxy groups -OCH3 is 1. The molecule has 0 aliphatic heterocycles. The van der Waals surface area contributed by atoms with Gasteiger partial charge in [-0.15, -0.1) is 0 Å². The average molecular weight is 228 g/mol. The molecule has 0 radical (unpaired) electrons. The molecule has 0 bridgehead atoms. The van der Waals surface area contributed by atoms with E-state index in [4.69, 9.17) is 9.47 Å². The van der Waals surface area contributed by atoms with Crippen LogP contribution in [0.5, 0.6) is 0 Å². The third-order valence-corrected chi connectivity index (χ3v) is 1.91. The Morgan fingerprint density at radius 2 is 1.94 bits per heavy atom. The van der Waals surface area contributed by atoms with Gasteiger partial charge in [0.25, 0.3) is 0 Å².